The maximum atomic E-state index is 12.5. The molecule has 23 heavy (non-hydrogen) atoms. The van der Waals surface area contributed by atoms with Gasteiger partial charge < -0.3 is 5.32 Å². The molecule has 0 aromatic heterocycles. The lowest BCUT2D eigenvalue weighted by Crippen LogP contribution is -2.49. The van der Waals surface area contributed by atoms with Gasteiger partial charge in [0.05, 0.1) is 0 Å². The van der Waals surface area contributed by atoms with Gasteiger partial charge in [-0.05, 0) is 25.2 Å². The van der Waals surface area contributed by atoms with E-state index >= 15 is 0 Å². The van der Waals surface area contributed by atoms with Gasteiger partial charge >= 0.3 is 0 Å². The fourth-order valence-corrected chi connectivity index (χ4v) is 3.92. The molecule has 0 saturated heterocycles. The minimum absolute atomic E-state index is 0.00481. The smallest absolute Gasteiger partial charge is 0.257 e. The first kappa shape index (κ1) is 17.8. The van der Waals surface area contributed by atoms with Crippen LogP contribution in [0.2, 0.25) is 0 Å². The minimum Gasteiger partial charge on any atom is -0.344 e. The number of nitriles is 1. The van der Waals surface area contributed by atoms with Gasteiger partial charge in [0.2, 0.25) is 5.91 Å². The number of rotatable bonds is 5. The third-order valence-electron chi connectivity index (χ3n) is 5.36. The summed E-state index contributed by atoms with van der Waals surface area (Å²) in [6, 6.07) is -0.544. The van der Waals surface area contributed by atoms with Crippen LogP contribution in [0.5, 0.6) is 0 Å². The standard InChI is InChI=1S/C18H29N3O2/c1-21(13-19)18(23)16(12-14-8-4-2-5-9-14)20-17(22)15-10-6-3-7-11-15/h14-16H,2-12H2,1H3,(H,20,22)/t16-/m0/s1. The summed E-state index contributed by atoms with van der Waals surface area (Å²) in [4.78, 5) is 26.0. The highest BCUT2D eigenvalue weighted by molar-refractivity contribution is 5.89. The van der Waals surface area contributed by atoms with E-state index in [0.29, 0.717) is 12.3 Å². The van der Waals surface area contributed by atoms with Crippen molar-refractivity contribution in [1.82, 2.24) is 10.2 Å². The molecule has 2 rings (SSSR count). The molecule has 2 saturated carbocycles. The predicted octanol–water partition coefficient (Wildman–Crippen LogP) is 2.96. The molecule has 1 atom stereocenters. The van der Waals surface area contributed by atoms with Gasteiger partial charge in [-0.2, -0.15) is 5.26 Å². The SMILES string of the molecule is CN(C#N)C(=O)[C@H](CC1CCCCC1)NC(=O)C1CCCCC1. The number of amides is 2. The molecule has 2 aliphatic carbocycles. The largest absolute Gasteiger partial charge is 0.344 e. The normalized spacial score (nSPS) is 21.2. The van der Waals surface area contributed by atoms with Gasteiger partial charge in [0, 0.05) is 13.0 Å². The van der Waals surface area contributed by atoms with Gasteiger partial charge in [-0.25, -0.2) is 0 Å². The summed E-state index contributed by atoms with van der Waals surface area (Å²) in [6.45, 7) is 0. The van der Waals surface area contributed by atoms with Crippen molar-refractivity contribution in [2.45, 2.75) is 76.7 Å². The van der Waals surface area contributed by atoms with E-state index in [-0.39, 0.29) is 17.7 Å². The van der Waals surface area contributed by atoms with Crippen molar-refractivity contribution in [1.29, 1.82) is 5.26 Å². The first-order valence-electron chi connectivity index (χ1n) is 9.09. The lowest BCUT2D eigenvalue weighted by atomic mass is 9.84. The summed E-state index contributed by atoms with van der Waals surface area (Å²) in [6.07, 6.45) is 13.7. The predicted molar refractivity (Wildman–Crippen MR) is 88.1 cm³/mol. The van der Waals surface area contributed by atoms with Crippen LogP contribution in [0.15, 0.2) is 0 Å². The van der Waals surface area contributed by atoms with Crippen molar-refractivity contribution in [2.75, 3.05) is 7.05 Å². The fourth-order valence-electron chi connectivity index (χ4n) is 3.92. The van der Waals surface area contributed by atoms with Crippen LogP contribution in [0.1, 0.15) is 70.6 Å². The van der Waals surface area contributed by atoms with E-state index < -0.39 is 6.04 Å². The molecule has 0 aromatic rings. The fraction of sp³-hybridized carbons (Fsp3) is 0.833. The van der Waals surface area contributed by atoms with Crippen molar-refractivity contribution in [3.8, 4) is 6.19 Å². The highest BCUT2D eigenvalue weighted by Crippen LogP contribution is 2.28. The Morgan fingerprint density at radius 2 is 1.65 bits per heavy atom. The summed E-state index contributed by atoms with van der Waals surface area (Å²) in [5, 5.41) is 12.0. The Balaban J connectivity index is 1.98. The Bertz CT molecular complexity index is 446. The molecule has 1 N–H and O–H groups in total. The average molecular weight is 319 g/mol. The molecule has 0 bridgehead atoms. The Hall–Kier alpha value is -1.57. The number of hydrogen-bond acceptors (Lipinski definition) is 3. The van der Waals surface area contributed by atoms with E-state index in [1.54, 1.807) is 0 Å². The van der Waals surface area contributed by atoms with E-state index in [0.717, 1.165) is 43.4 Å². The average Bonchev–Trinajstić information content (AvgIpc) is 2.61. The van der Waals surface area contributed by atoms with Crippen LogP contribution in [-0.4, -0.2) is 29.8 Å². The third kappa shape index (κ3) is 5.23. The second kappa shape index (κ2) is 8.90. The first-order chi connectivity index (χ1) is 11.1. The summed E-state index contributed by atoms with van der Waals surface area (Å²) in [7, 11) is 1.48. The van der Waals surface area contributed by atoms with Crippen molar-refractivity contribution in [2.24, 2.45) is 11.8 Å². The maximum Gasteiger partial charge on any atom is 0.257 e. The number of carbonyl (C=O) groups is 2. The molecular weight excluding hydrogens is 290 g/mol. The van der Waals surface area contributed by atoms with Crippen LogP contribution < -0.4 is 5.32 Å². The second-order valence-electron chi connectivity index (χ2n) is 7.13. The van der Waals surface area contributed by atoms with Gasteiger partial charge in [0.1, 0.15) is 6.04 Å². The molecule has 0 aromatic carbocycles. The number of nitrogens with zero attached hydrogens (tertiary/aromatic N) is 2. The quantitative estimate of drug-likeness (QED) is 0.625. The lowest BCUT2D eigenvalue weighted by molar-refractivity contribution is -0.135. The van der Waals surface area contributed by atoms with Gasteiger partial charge in [-0.3, -0.25) is 14.5 Å². The van der Waals surface area contributed by atoms with Crippen LogP contribution in [0, 0.1) is 23.3 Å². The molecule has 0 spiro atoms. The van der Waals surface area contributed by atoms with Gasteiger partial charge in [0.25, 0.3) is 5.91 Å². The Kier molecular flexibility index (Phi) is 6.88. The van der Waals surface area contributed by atoms with E-state index in [9.17, 15) is 9.59 Å². The van der Waals surface area contributed by atoms with Crippen molar-refractivity contribution in [3.63, 3.8) is 0 Å². The number of carbonyl (C=O) groups excluding carboxylic acids is 2. The van der Waals surface area contributed by atoms with Crippen LogP contribution in [-0.2, 0) is 9.59 Å². The van der Waals surface area contributed by atoms with Gasteiger partial charge in [-0.1, -0.05) is 51.4 Å². The van der Waals surface area contributed by atoms with E-state index in [4.69, 9.17) is 5.26 Å². The highest BCUT2D eigenvalue weighted by Gasteiger charge is 2.30. The minimum atomic E-state index is -0.544. The summed E-state index contributed by atoms with van der Waals surface area (Å²) < 4.78 is 0. The molecule has 2 aliphatic rings. The second-order valence-corrected chi connectivity index (χ2v) is 7.13. The Morgan fingerprint density at radius 1 is 1.09 bits per heavy atom. The zero-order valence-corrected chi connectivity index (χ0v) is 14.2. The van der Waals surface area contributed by atoms with Gasteiger partial charge in [-0.15, -0.1) is 0 Å². The third-order valence-corrected chi connectivity index (χ3v) is 5.36. The van der Waals surface area contributed by atoms with Gasteiger partial charge in [0.15, 0.2) is 6.19 Å². The van der Waals surface area contributed by atoms with E-state index in [1.807, 2.05) is 6.19 Å². The molecule has 0 radical (unpaired) electrons. The molecule has 5 nitrogen and oxygen atoms in total. The van der Waals surface area contributed by atoms with Crippen molar-refractivity contribution in [3.05, 3.63) is 0 Å². The molecule has 2 amide bonds. The van der Waals surface area contributed by atoms with Crippen molar-refractivity contribution >= 4 is 11.8 Å². The summed E-state index contributed by atoms with van der Waals surface area (Å²) in [5.74, 6) is 0.252. The summed E-state index contributed by atoms with van der Waals surface area (Å²) >= 11 is 0. The van der Waals surface area contributed by atoms with E-state index in [2.05, 4.69) is 5.32 Å². The molecule has 0 aliphatic heterocycles. The topological polar surface area (TPSA) is 73.2 Å². The molecular formula is C18H29N3O2. The molecule has 5 heteroatoms. The number of likely N-dealkylation sites (N-methyl/N-ethyl adjacent to an activating group) is 1. The lowest BCUT2D eigenvalue weighted by Gasteiger charge is -2.29. The Morgan fingerprint density at radius 3 is 2.22 bits per heavy atom. The zero-order valence-electron chi connectivity index (χ0n) is 14.2. The number of hydrogen-bond donors (Lipinski definition) is 1. The van der Waals surface area contributed by atoms with E-state index in [1.165, 1.54) is 32.7 Å². The highest BCUT2D eigenvalue weighted by atomic mass is 16.2. The molecule has 0 unspecified atom stereocenters. The monoisotopic (exact) mass is 319 g/mol. The summed E-state index contributed by atoms with van der Waals surface area (Å²) in [5.41, 5.74) is 0. The first-order valence-corrected chi connectivity index (χ1v) is 9.09. The Labute approximate surface area is 139 Å². The van der Waals surface area contributed by atoms with Crippen molar-refractivity contribution < 1.29 is 9.59 Å². The molecule has 2 fully saturated rings. The van der Waals surface area contributed by atoms with Crippen LogP contribution in [0.25, 0.3) is 0 Å². The maximum absolute atomic E-state index is 12.5. The number of nitrogens with one attached hydrogen (secondary N) is 1. The zero-order chi connectivity index (χ0) is 16.7. The van der Waals surface area contributed by atoms with Crippen LogP contribution >= 0.6 is 0 Å². The van der Waals surface area contributed by atoms with Crippen LogP contribution in [0.4, 0.5) is 0 Å². The molecule has 0 heterocycles. The van der Waals surface area contributed by atoms with Crippen LogP contribution in [0.3, 0.4) is 0 Å². The molecule has 128 valence electrons.